The predicted molar refractivity (Wildman–Crippen MR) is 147 cm³/mol. The van der Waals surface area contributed by atoms with Gasteiger partial charge in [-0.2, -0.15) is 4.31 Å². The fraction of sp³-hybridized carbons (Fsp3) is 0.345. The molecular formula is C29H27F5N4O6S. The molecule has 1 atom stereocenters. The minimum Gasteiger partial charge on any atom is -0.507 e. The summed E-state index contributed by atoms with van der Waals surface area (Å²) in [4.78, 5) is 29.1. The number of hydrogen-bond acceptors (Lipinski definition) is 7. The molecule has 2 heterocycles. The largest absolute Gasteiger partial charge is 0.507 e. The first-order chi connectivity index (χ1) is 21.4. The first-order valence-corrected chi connectivity index (χ1v) is 15.4. The standard InChI is InChI=1S/C29H27F5N4O6S/c30-22-23(31)25(33)27(26(34)24(22)32)45(43,44)38-11-10-20(38)29(41)37(18-8-9-19(21(39)12-18)28(40)36-42)14-17-7-6-16(13-35-17)15-4-2-1-3-5-15/h6-9,12-13,15,20,39,42H,1-5,10-11,14H2,(H,36,40)/t20-/m1/s1. The Labute approximate surface area is 254 Å². The Bertz CT molecular complexity index is 1720. The number of carbonyl (C=O) groups excluding carboxylic acids is 2. The fourth-order valence-corrected chi connectivity index (χ4v) is 7.35. The second-order valence-electron chi connectivity index (χ2n) is 10.8. The molecule has 1 aromatic heterocycles. The maximum Gasteiger partial charge on any atom is 0.278 e. The average Bonchev–Trinajstić information content (AvgIpc) is 3.01. The molecule has 0 unspecified atom stereocenters. The minimum atomic E-state index is -5.41. The van der Waals surface area contributed by atoms with Gasteiger partial charge in [-0.1, -0.05) is 25.3 Å². The molecule has 3 N–H and O–H groups in total. The SMILES string of the molecule is O=C(NO)c1ccc(N(Cc2ccc(C3CCCCC3)cn2)C(=O)[C@H]2CCN2S(=O)(=O)c2c(F)c(F)c(F)c(F)c2F)cc1O. The number of benzene rings is 2. The lowest BCUT2D eigenvalue weighted by Crippen LogP contribution is -2.59. The van der Waals surface area contributed by atoms with Crippen molar-refractivity contribution >= 4 is 27.5 Å². The number of hydroxylamine groups is 1. The van der Waals surface area contributed by atoms with Crippen LogP contribution in [-0.4, -0.2) is 52.4 Å². The number of rotatable bonds is 8. The van der Waals surface area contributed by atoms with Crippen molar-refractivity contribution < 1.29 is 50.3 Å². The van der Waals surface area contributed by atoms with Gasteiger partial charge in [0.15, 0.2) is 28.2 Å². The third-order valence-corrected chi connectivity index (χ3v) is 10.1. The fourth-order valence-electron chi connectivity index (χ4n) is 5.61. The van der Waals surface area contributed by atoms with Crippen LogP contribution in [0.4, 0.5) is 27.6 Å². The third kappa shape index (κ3) is 5.96. The maximum atomic E-state index is 14.5. The molecule has 2 amide bonds. The molecule has 45 heavy (non-hydrogen) atoms. The summed E-state index contributed by atoms with van der Waals surface area (Å²) in [5.41, 5.74) is 2.30. The molecule has 1 saturated heterocycles. The zero-order valence-electron chi connectivity index (χ0n) is 23.4. The second kappa shape index (κ2) is 12.7. The lowest BCUT2D eigenvalue weighted by molar-refractivity contribution is -0.125. The quantitative estimate of drug-likeness (QED) is 0.106. The summed E-state index contributed by atoms with van der Waals surface area (Å²) in [6.45, 7) is -0.761. The molecule has 2 fully saturated rings. The lowest BCUT2D eigenvalue weighted by Gasteiger charge is -2.41. The normalized spacial score (nSPS) is 17.5. The van der Waals surface area contributed by atoms with Crippen LogP contribution in [0.25, 0.3) is 0 Å². The van der Waals surface area contributed by atoms with E-state index in [0.29, 0.717) is 15.9 Å². The van der Waals surface area contributed by atoms with Crippen LogP contribution in [0, 0.1) is 29.1 Å². The summed E-state index contributed by atoms with van der Waals surface area (Å²) in [5.74, 6) is -14.9. The molecule has 10 nitrogen and oxygen atoms in total. The molecule has 3 aromatic rings. The van der Waals surface area contributed by atoms with Gasteiger partial charge in [0.1, 0.15) is 11.8 Å². The van der Waals surface area contributed by atoms with Crippen molar-refractivity contribution in [3.63, 3.8) is 0 Å². The molecule has 2 aromatic carbocycles. The van der Waals surface area contributed by atoms with Crippen LogP contribution < -0.4 is 10.4 Å². The van der Waals surface area contributed by atoms with Crippen molar-refractivity contribution in [1.29, 1.82) is 0 Å². The highest BCUT2D eigenvalue weighted by Crippen LogP contribution is 2.36. The van der Waals surface area contributed by atoms with Crippen LogP contribution >= 0.6 is 0 Å². The minimum absolute atomic E-state index is 0.0503. The second-order valence-corrected chi connectivity index (χ2v) is 12.6. The first-order valence-electron chi connectivity index (χ1n) is 13.9. The Morgan fingerprint density at radius 3 is 2.11 bits per heavy atom. The molecular weight excluding hydrogens is 627 g/mol. The van der Waals surface area contributed by atoms with Crippen LogP contribution in [0.2, 0.25) is 0 Å². The van der Waals surface area contributed by atoms with E-state index in [0.717, 1.165) is 54.7 Å². The Morgan fingerprint density at radius 1 is 0.933 bits per heavy atom. The van der Waals surface area contributed by atoms with Gasteiger partial charge >= 0.3 is 0 Å². The summed E-state index contributed by atoms with van der Waals surface area (Å²) in [7, 11) is -5.41. The Morgan fingerprint density at radius 2 is 1.58 bits per heavy atom. The number of anilines is 1. The summed E-state index contributed by atoms with van der Waals surface area (Å²) >= 11 is 0. The number of nitrogens with one attached hydrogen (secondary N) is 1. The van der Waals surface area contributed by atoms with Gasteiger partial charge in [0, 0.05) is 24.5 Å². The van der Waals surface area contributed by atoms with Gasteiger partial charge in [-0.05, 0) is 48.9 Å². The van der Waals surface area contributed by atoms with Crippen molar-refractivity contribution in [2.75, 3.05) is 11.4 Å². The number of nitrogens with zero attached hydrogens (tertiary/aromatic N) is 3. The number of halogens is 5. The van der Waals surface area contributed by atoms with E-state index in [9.17, 15) is 45.1 Å². The first kappa shape index (κ1) is 32.2. The lowest BCUT2D eigenvalue weighted by atomic mass is 9.85. The average molecular weight is 655 g/mol. The highest BCUT2D eigenvalue weighted by Gasteiger charge is 2.48. The number of sulfonamides is 1. The zero-order chi connectivity index (χ0) is 32.6. The van der Waals surface area contributed by atoms with Gasteiger partial charge < -0.3 is 10.0 Å². The number of hydrogen-bond donors (Lipinski definition) is 3. The van der Waals surface area contributed by atoms with Gasteiger partial charge in [0.25, 0.3) is 5.91 Å². The van der Waals surface area contributed by atoms with E-state index in [2.05, 4.69) is 4.98 Å². The van der Waals surface area contributed by atoms with E-state index in [1.165, 1.54) is 11.5 Å². The van der Waals surface area contributed by atoms with Crippen molar-refractivity contribution in [2.45, 2.75) is 61.9 Å². The van der Waals surface area contributed by atoms with Crippen molar-refractivity contribution in [3.05, 3.63) is 82.4 Å². The molecule has 5 rings (SSSR count). The van der Waals surface area contributed by atoms with Crippen molar-refractivity contribution in [2.24, 2.45) is 0 Å². The number of amides is 2. The molecule has 0 bridgehead atoms. The van der Waals surface area contributed by atoms with Gasteiger partial charge in [-0.25, -0.2) is 35.8 Å². The van der Waals surface area contributed by atoms with Crippen LogP contribution in [-0.2, 0) is 21.4 Å². The molecule has 1 saturated carbocycles. The number of phenols is 1. The number of phenolic OH excluding ortho intramolecular Hbond substituents is 1. The number of aromatic nitrogens is 1. The molecule has 240 valence electrons. The third-order valence-electron chi connectivity index (χ3n) is 8.14. The molecule has 1 aliphatic carbocycles. The highest BCUT2D eigenvalue weighted by molar-refractivity contribution is 7.89. The Kier molecular flexibility index (Phi) is 9.09. The van der Waals surface area contributed by atoms with Crippen LogP contribution in [0.15, 0.2) is 41.4 Å². The Hall–Kier alpha value is -4.15. The summed E-state index contributed by atoms with van der Waals surface area (Å²) < 4.78 is 97.0. The van der Waals surface area contributed by atoms with E-state index < -0.39 is 74.2 Å². The summed E-state index contributed by atoms with van der Waals surface area (Å²) in [6, 6.07) is 5.20. The molecule has 1 aliphatic heterocycles. The van der Waals surface area contributed by atoms with Gasteiger partial charge in [0.2, 0.25) is 21.7 Å². The molecule has 0 radical (unpaired) electrons. The summed E-state index contributed by atoms with van der Waals surface area (Å²) in [5, 5.41) is 19.4. The van der Waals surface area contributed by atoms with E-state index in [4.69, 9.17) is 5.21 Å². The molecule has 0 spiro atoms. The maximum absolute atomic E-state index is 14.5. The zero-order valence-corrected chi connectivity index (χ0v) is 24.3. The van der Waals surface area contributed by atoms with E-state index >= 15 is 0 Å². The highest BCUT2D eigenvalue weighted by atomic mass is 32.2. The van der Waals surface area contributed by atoms with E-state index in [1.807, 2.05) is 6.07 Å². The van der Waals surface area contributed by atoms with Gasteiger partial charge in [-0.15, -0.1) is 0 Å². The molecule has 2 aliphatic rings. The topological polar surface area (TPSA) is 140 Å². The van der Waals surface area contributed by atoms with Crippen molar-refractivity contribution in [1.82, 2.24) is 14.8 Å². The smallest absolute Gasteiger partial charge is 0.278 e. The van der Waals surface area contributed by atoms with Crippen LogP contribution in [0.1, 0.15) is 66.1 Å². The summed E-state index contributed by atoms with van der Waals surface area (Å²) in [6.07, 6.45) is 6.85. The van der Waals surface area contributed by atoms with Crippen LogP contribution in [0.3, 0.4) is 0 Å². The van der Waals surface area contributed by atoms with Crippen molar-refractivity contribution in [3.8, 4) is 5.75 Å². The number of pyridine rings is 1. The number of carbonyl (C=O) groups is 2. The van der Waals surface area contributed by atoms with E-state index in [1.54, 1.807) is 12.3 Å². The van der Waals surface area contributed by atoms with Gasteiger partial charge in [0.05, 0.1) is 17.8 Å². The van der Waals surface area contributed by atoms with Gasteiger partial charge in [-0.3, -0.25) is 19.8 Å². The molecule has 16 heteroatoms. The van der Waals surface area contributed by atoms with Crippen LogP contribution in [0.5, 0.6) is 5.75 Å². The Balaban J connectivity index is 1.49. The van der Waals surface area contributed by atoms with E-state index in [-0.39, 0.29) is 24.2 Å². The monoisotopic (exact) mass is 654 g/mol. The predicted octanol–water partition coefficient (Wildman–Crippen LogP) is 4.65. The number of aromatic hydroxyl groups is 1.